The van der Waals surface area contributed by atoms with E-state index in [1.54, 1.807) is 12.1 Å². The molecule has 0 bridgehead atoms. The van der Waals surface area contributed by atoms with Crippen LogP contribution in [0.5, 0.6) is 0 Å². The number of hydrogen-bond acceptors (Lipinski definition) is 2. The number of halogens is 4. The first-order valence-corrected chi connectivity index (χ1v) is 6.50. The van der Waals surface area contributed by atoms with Gasteiger partial charge in [0.25, 0.3) is 0 Å². The zero-order valence-electron chi connectivity index (χ0n) is 11.1. The van der Waals surface area contributed by atoms with Crippen molar-refractivity contribution in [2.75, 3.05) is 0 Å². The second kappa shape index (κ2) is 6.86. The number of benzene rings is 1. The zero-order chi connectivity index (χ0) is 14.0. The summed E-state index contributed by atoms with van der Waals surface area (Å²) >= 11 is 1.53. The third kappa shape index (κ3) is 7.09. The Labute approximate surface area is 122 Å². The number of hydrogen-bond donors (Lipinski definition) is 1. The van der Waals surface area contributed by atoms with Crippen LogP contribution in [-0.2, 0) is 0 Å². The lowest BCUT2D eigenvalue weighted by molar-refractivity contribution is -0.138. The molecule has 0 aliphatic carbocycles. The molecule has 0 radical (unpaired) electrons. The fraction of sp³-hybridized carbons (Fsp3) is 0.538. The second-order valence-corrected chi connectivity index (χ2v) is 7.05. The molecule has 1 aromatic carbocycles. The van der Waals surface area contributed by atoms with Crippen LogP contribution in [0.2, 0.25) is 0 Å². The minimum atomic E-state index is -4.24. The molecule has 0 spiro atoms. The van der Waals surface area contributed by atoms with Crippen molar-refractivity contribution in [3.63, 3.8) is 0 Å². The van der Waals surface area contributed by atoms with Crippen molar-refractivity contribution in [3.05, 3.63) is 29.8 Å². The minimum Gasteiger partial charge on any atom is -0.324 e. The van der Waals surface area contributed by atoms with E-state index in [-0.39, 0.29) is 17.2 Å². The quantitative estimate of drug-likeness (QED) is 0.799. The van der Waals surface area contributed by atoms with E-state index in [9.17, 15) is 13.2 Å². The highest BCUT2D eigenvalue weighted by Gasteiger charge is 2.32. The van der Waals surface area contributed by atoms with E-state index in [1.165, 1.54) is 11.8 Å². The summed E-state index contributed by atoms with van der Waals surface area (Å²) in [5.74, 6) is 0. The van der Waals surface area contributed by atoms with Gasteiger partial charge in [0, 0.05) is 15.7 Å². The average Bonchev–Trinajstić information content (AvgIpc) is 2.12. The Morgan fingerprint density at radius 2 is 1.68 bits per heavy atom. The van der Waals surface area contributed by atoms with Crippen molar-refractivity contribution in [1.29, 1.82) is 0 Å². The topological polar surface area (TPSA) is 26.0 Å². The van der Waals surface area contributed by atoms with Crippen molar-refractivity contribution in [1.82, 2.24) is 0 Å². The van der Waals surface area contributed by atoms with Gasteiger partial charge in [-0.1, -0.05) is 39.0 Å². The number of thioether (sulfide) groups is 1. The van der Waals surface area contributed by atoms with Gasteiger partial charge in [-0.3, -0.25) is 0 Å². The Bertz CT molecular complexity index is 402. The Hall–Kier alpha value is -0.390. The van der Waals surface area contributed by atoms with Crippen molar-refractivity contribution >= 4 is 24.2 Å². The van der Waals surface area contributed by atoms with Gasteiger partial charge in [-0.15, -0.1) is 24.2 Å². The van der Waals surface area contributed by atoms with E-state index in [0.29, 0.717) is 5.56 Å². The molecule has 0 aliphatic heterocycles. The maximum absolute atomic E-state index is 12.4. The first-order chi connectivity index (χ1) is 8.08. The molecule has 0 aromatic heterocycles. The first kappa shape index (κ1) is 18.6. The van der Waals surface area contributed by atoms with Crippen LogP contribution in [0.25, 0.3) is 0 Å². The van der Waals surface area contributed by atoms with Gasteiger partial charge in [-0.2, -0.15) is 13.2 Å². The van der Waals surface area contributed by atoms with Gasteiger partial charge in [-0.05, 0) is 11.6 Å². The van der Waals surface area contributed by atoms with Crippen LogP contribution < -0.4 is 5.73 Å². The fourth-order valence-electron chi connectivity index (χ4n) is 1.57. The number of alkyl halides is 3. The molecule has 110 valence electrons. The molecule has 0 saturated carbocycles. The molecule has 19 heavy (non-hydrogen) atoms. The molecule has 0 unspecified atom stereocenters. The van der Waals surface area contributed by atoms with Crippen molar-refractivity contribution in [2.24, 2.45) is 5.73 Å². The predicted octanol–water partition coefficient (Wildman–Crippen LogP) is 4.95. The molecule has 0 fully saturated rings. The summed E-state index contributed by atoms with van der Waals surface area (Å²) in [6.45, 7) is 6.05. The van der Waals surface area contributed by atoms with Gasteiger partial charge in [0.2, 0.25) is 0 Å². The summed E-state index contributed by atoms with van der Waals surface area (Å²) in [5, 5.41) is 0. The van der Waals surface area contributed by atoms with E-state index >= 15 is 0 Å². The van der Waals surface area contributed by atoms with E-state index in [2.05, 4.69) is 0 Å². The first-order valence-electron chi connectivity index (χ1n) is 5.69. The van der Waals surface area contributed by atoms with Crippen LogP contribution in [0.15, 0.2) is 29.2 Å². The molecule has 6 heteroatoms. The zero-order valence-corrected chi connectivity index (χ0v) is 12.8. The molecule has 1 atom stereocenters. The van der Waals surface area contributed by atoms with Crippen molar-refractivity contribution in [3.8, 4) is 0 Å². The van der Waals surface area contributed by atoms with E-state index in [4.69, 9.17) is 5.73 Å². The highest BCUT2D eigenvalue weighted by Crippen LogP contribution is 2.38. The Balaban J connectivity index is 0.00000324. The van der Waals surface area contributed by atoms with Gasteiger partial charge in [-0.25, -0.2) is 0 Å². The molecule has 2 N–H and O–H groups in total. The van der Waals surface area contributed by atoms with Gasteiger partial charge in [0.15, 0.2) is 0 Å². The molecule has 0 saturated heterocycles. The lowest BCUT2D eigenvalue weighted by Gasteiger charge is -2.22. The SMILES string of the molecule is CC(C)(C)Sc1ccccc1[C@@H](N)CC(F)(F)F.Cl. The van der Waals surface area contributed by atoms with Gasteiger partial charge in [0.05, 0.1) is 6.42 Å². The monoisotopic (exact) mass is 313 g/mol. The van der Waals surface area contributed by atoms with Crippen molar-refractivity contribution in [2.45, 2.75) is 49.1 Å². The van der Waals surface area contributed by atoms with Crippen LogP contribution in [0, 0.1) is 0 Å². The van der Waals surface area contributed by atoms with Crippen LogP contribution in [-0.4, -0.2) is 10.9 Å². The molecular formula is C13H19ClF3NS. The third-order valence-electron chi connectivity index (χ3n) is 2.19. The highest BCUT2D eigenvalue weighted by molar-refractivity contribution is 8.00. The molecule has 0 amide bonds. The smallest absolute Gasteiger partial charge is 0.324 e. The summed E-state index contributed by atoms with van der Waals surface area (Å²) in [5.41, 5.74) is 6.23. The summed E-state index contributed by atoms with van der Waals surface area (Å²) in [4.78, 5) is 0.821. The van der Waals surface area contributed by atoms with Crippen LogP contribution >= 0.6 is 24.2 Å². The molecule has 1 nitrogen and oxygen atoms in total. The average molecular weight is 314 g/mol. The van der Waals surface area contributed by atoms with Gasteiger partial charge < -0.3 is 5.73 Å². The second-order valence-electron chi connectivity index (χ2n) is 5.18. The number of nitrogens with two attached hydrogens (primary N) is 1. The van der Waals surface area contributed by atoms with Crippen molar-refractivity contribution < 1.29 is 13.2 Å². The minimum absolute atomic E-state index is 0. The Kier molecular flexibility index (Phi) is 6.72. The maximum Gasteiger partial charge on any atom is 0.390 e. The van der Waals surface area contributed by atoms with Crippen LogP contribution in [0.3, 0.4) is 0 Å². The summed E-state index contributed by atoms with van der Waals surface area (Å²) in [7, 11) is 0. The third-order valence-corrected chi connectivity index (χ3v) is 3.39. The van der Waals surface area contributed by atoms with Crippen LogP contribution in [0.1, 0.15) is 38.8 Å². The largest absolute Gasteiger partial charge is 0.390 e. The normalized spacial score (nSPS) is 13.8. The van der Waals surface area contributed by atoms with E-state index < -0.39 is 18.6 Å². The number of rotatable bonds is 3. The summed E-state index contributed by atoms with van der Waals surface area (Å²) in [6, 6.07) is 6.03. The highest BCUT2D eigenvalue weighted by atomic mass is 35.5. The molecule has 1 aromatic rings. The van der Waals surface area contributed by atoms with E-state index in [1.807, 2.05) is 32.9 Å². The molecule has 1 rings (SSSR count). The van der Waals surface area contributed by atoms with Gasteiger partial charge in [0.1, 0.15) is 0 Å². The molecular weight excluding hydrogens is 295 g/mol. The standard InChI is InChI=1S/C13H18F3NS.ClH/c1-12(2,3)18-11-7-5-4-6-9(11)10(17)8-13(14,15)16;/h4-7,10H,8,17H2,1-3H3;1H/t10-;/m0./s1. The summed E-state index contributed by atoms with van der Waals surface area (Å²) in [6.07, 6.45) is -5.23. The molecule has 0 heterocycles. The maximum atomic E-state index is 12.4. The Morgan fingerprint density at radius 3 is 2.16 bits per heavy atom. The van der Waals surface area contributed by atoms with Crippen LogP contribution in [0.4, 0.5) is 13.2 Å². The fourth-order valence-corrected chi connectivity index (χ4v) is 2.71. The lowest BCUT2D eigenvalue weighted by atomic mass is 10.0. The summed E-state index contributed by atoms with van der Waals surface area (Å²) < 4.78 is 37.1. The molecule has 0 aliphatic rings. The lowest BCUT2D eigenvalue weighted by Crippen LogP contribution is -2.21. The van der Waals surface area contributed by atoms with E-state index in [0.717, 1.165) is 4.90 Å². The van der Waals surface area contributed by atoms with Gasteiger partial charge >= 0.3 is 6.18 Å². The Morgan fingerprint density at radius 1 is 1.16 bits per heavy atom. The predicted molar refractivity (Wildman–Crippen MR) is 76.9 cm³/mol.